The van der Waals surface area contributed by atoms with E-state index >= 15 is 0 Å². The van der Waals surface area contributed by atoms with Crippen LogP contribution in [0.15, 0.2) is 364 Å². The van der Waals surface area contributed by atoms with Gasteiger partial charge >= 0.3 is 29.6 Å². The van der Waals surface area contributed by atoms with Crippen molar-refractivity contribution in [3.05, 3.63) is 425 Å². The molecule has 0 unspecified atom stereocenters. The van der Waals surface area contributed by atoms with Gasteiger partial charge in [-0.15, -0.1) is 0 Å². The molecule has 2 spiro atoms. The van der Waals surface area contributed by atoms with E-state index < -0.39 is 10.8 Å². The van der Waals surface area contributed by atoms with Gasteiger partial charge in [-0.25, -0.2) is 9.97 Å². The van der Waals surface area contributed by atoms with Crippen molar-refractivity contribution in [2.75, 3.05) is 0 Å². The number of benzene rings is 16. The van der Waals surface area contributed by atoms with E-state index in [1.54, 1.807) is 0 Å². The van der Waals surface area contributed by atoms with Gasteiger partial charge in [0.25, 0.3) is 0 Å². The van der Waals surface area contributed by atoms with Gasteiger partial charge in [-0.2, -0.15) is 19.9 Å². The summed E-state index contributed by atoms with van der Waals surface area (Å²) >= 11 is 6.49. The molecule has 0 bridgehead atoms. The molecule has 0 aliphatic heterocycles. The number of halogens is 1. The molecule has 5 heterocycles. The van der Waals surface area contributed by atoms with Crippen LogP contribution in [0.4, 0.5) is 0 Å². The molecule has 11 heteroatoms. The van der Waals surface area contributed by atoms with E-state index in [-0.39, 0.29) is 41.7 Å². The summed E-state index contributed by atoms with van der Waals surface area (Å²) in [5.74, 6) is 2.98. The van der Waals surface area contributed by atoms with Crippen molar-refractivity contribution in [1.82, 2.24) is 44.4 Å². The summed E-state index contributed by atoms with van der Waals surface area (Å²) in [5, 5.41) is 7.47. The maximum atomic E-state index is 6.49. The van der Waals surface area contributed by atoms with Crippen LogP contribution in [0.2, 0.25) is 5.28 Å². The molecular formula is C107H69ClN9Na. The largest absolute Gasteiger partial charge is 1.00 e. The minimum atomic E-state index is -0.471. The predicted octanol–water partition coefficient (Wildman–Crippen LogP) is 23.2. The van der Waals surface area contributed by atoms with Crippen molar-refractivity contribution < 1.29 is 31.0 Å². The maximum absolute atomic E-state index is 6.49. The van der Waals surface area contributed by atoms with Gasteiger partial charge in [0.05, 0.1) is 32.9 Å². The molecule has 0 saturated heterocycles. The monoisotopic (exact) mass is 1540 g/mol. The zero-order valence-corrected chi connectivity index (χ0v) is 67.4. The van der Waals surface area contributed by atoms with Crippen LogP contribution in [0.3, 0.4) is 0 Å². The fourth-order valence-electron chi connectivity index (χ4n) is 20.9. The van der Waals surface area contributed by atoms with Crippen molar-refractivity contribution in [3.8, 4) is 107 Å². The van der Waals surface area contributed by atoms with Gasteiger partial charge in [0, 0.05) is 71.0 Å². The third kappa shape index (κ3) is 9.84. The summed E-state index contributed by atoms with van der Waals surface area (Å²) in [6, 6.07) is 130. The van der Waals surface area contributed by atoms with Gasteiger partial charge in [0.1, 0.15) is 0 Å². The van der Waals surface area contributed by atoms with Crippen molar-refractivity contribution in [3.63, 3.8) is 0 Å². The molecule has 26 rings (SSSR count). The van der Waals surface area contributed by atoms with E-state index in [0.717, 1.165) is 66.2 Å². The van der Waals surface area contributed by atoms with Gasteiger partial charge in [0.15, 0.2) is 23.3 Å². The fraction of sp³-hybridized carbons (Fsp3) is 0.0467. The number of fused-ring (bicyclic) bond motifs is 34. The number of hydrogen-bond acceptors (Lipinski definition) is 6. The Morgan fingerprint density at radius 1 is 0.271 bits per heavy atom. The van der Waals surface area contributed by atoms with E-state index in [0.29, 0.717) is 29.2 Å². The molecule has 0 fully saturated rings. The Morgan fingerprint density at radius 2 is 0.619 bits per heavy atom. The number of aromatic nitrogens is 9. The quantitative estimate of drug-likeness (QED) is 0.166. The zero-order valence-electron chi connectivity index (χ0n) is 65.6. The Morgan fingerprint density at radius 3 is 1.14 bits per heavy atom. The van der Waals surface area contributed by atoms with Gasteiger partial charge in [0.2, 0.25) is 11.2 Å². The minimum absolute atomic E-state index is 0. The second kappa shape index (κ2) is 26.6. The molecule has 2 N–H and O–H groups in total. The van der Waals surface area contributed by atoms with Crippen molar-refractivity contribution >= 4 is 77.0 Å². The summed E-state index contributed by atoms with van der Waals surface area (Å²) in [4.78, 5) is 37.6. The Bertz CT molecular complexity index is 7700. The molecule has 5 aliphatic rings. The molecule has 5 aliphatic carbocycles. The molecule has 9 nitrogen and oxygen atoms in total. The molecule has 550 valence electrons. The number of nitrogens with one attached hydrogen (secondary N) is 2. The molecule has 5 aromatic heterocycles. The van der Waals surface area contributed by atoms with Crippen molar-refractivity contribution in [2.45, 2.75) is 30.1 Å². The topological polar surface area (TPSA) is 114 Å². The molecule has 0 atom stereocenters. The molecule has 21 aromatic rings. The van der Waals surface area contributed by atoms with Crippen LogP contribution < -0.4 is 29.6 Å². The second-order valence-electron chi connectivity index (χ2n) is 31.7. The smallest absolute Gasteiger partial charge is 1.00 e. The third-order valence-corrected chi connectivity index (χ3v) is 25.7. The second-order valence-corrected chi connectivity index (χ2v) is 32.0. The van der Waals surface area contributed by atoms with Gasteiger partial charge in [-0.1, -0.05) is 360 Å². The normalized spacial score (nSPS) is 13.7. The molecule has 0 saturated carbocycles. The number of nitrogens with zero attached hydrogens (tertiary/aromatic N) is 7. The van der Waals surface area contributed by atoms with E-state index in [1.807, 2.05) is 48.5 Å². The SMILES string of the molecule is CC1(C)c2ccccc2-c2ccc3c([nH]c4ccccc43)c21.Clc1nc(-c2ccccc2)nc(-c2cccc3c2-c2ccccc2C32c3ccccc3-c3ccccc32)n1.[H-].[Na+].c1ccc(-c2nc(-c3cccc4c3-c3ccccc3C43c4ccccc4-c4ccccc43)nc(-n3c4ccccc4c4ccc5c6ccccc6[nH]c5c43)n2)cc1. The molecular weight excluding hydrogens is 1470 g/mol. The van der Waals surface area contributed by atoms with Crippen LogP contribution in [-0.2, 0) is 16.2 Å². The van der Waals surface area contributed by atoms with Crippen LogP contribution in [0.5, 0.6) is 0 Å². The number of rotatable bonds is 5. The standard InChI is InChI=1S/C52H31N5.C34H20ClN3.C21H17N.Na.H/c1-2-15-31(16-3-1)49-54-50(56-51(55-49)57-45-28-13-8-20-35(45)37-30-29-36-34-19-7-12-27-44(34)53-47(36)48(37)57)39-22-14-26-43-46(39)38-21-6-11-25-42(38)52(43)40-23-9-4-17-32(40)33-18-5-10-24-41(33)52;35-33-37-31(21-11-2-1-3-12-21)36-32(38-33)25-16-10-20-29-30(25)24-15-6-9-19-28(24)34(29)26-17-7-4-13-22(26)23-14-5-8-18-27(23)34;1-21(2)17-9-5-3-7-13(17)15-11-12-16-14-8-4-6-10-18(14)22-20(16)19(15)21;;/h1-30,53H;1-20H;3-12,22H,1-2H3;;/q;;;+1;-1. The Kier molecular flexibility index (Phi) is 15.7. The van der Waals surface area contributed by atoms with Gasteiger partial charge < -0.3 is 11.4 Å². The van der Waals surface area contributed by atoms with E-state index in [1.165, 1.54) is 133 Å². The third-order valence-electron chi connectivity index (χ3n) is 25.5. The minimum Gasteiger partial charge on any atom is -1.00 e. The van der Waals surface area contributed by atoms with Gasteiger partial charge in [-0.05, 0) is 141 Å². The first-order valence-corrected chi connectivity index (χ1v) is 40.3. The summed E-state index contributed by atoms with van der Waals surface area (Å²) in [5.41, 5.74) is 35.4. The van der Waals surface area contributed by atoms with Crippen molar-refractivity contribution in [2.24, 2.45) is 0 Å². The van der Waals surface area contributed by atoms with Crippen LogP contribution >= 0.6 is 11.6 Å². The zero-order chi connectivity index (χ0) is 77.4. The van der Waals surface area contributed by atoms with Crippen LogP contribution in [0.1, 0.15) is 70.9 Å². The average molecular weight is 1540 g/mol. The van der Waals surface area contributed by atoms with Crippen LogP contribution in [0.25, 0.3) is 173 Å². The van der Waals surface area contributed by atoms with Crippen LogP contribution in [-0.4, -0.2) is 44.4 Å². The fourth-order valence-corrected chi connectivity index (χ4v) is 21.1. The Labute approximate surface area is 708 Å². The molecule has 0 amide bonds. The Balaban J connectivity index is 0.000000118. The average Bonchev–Trinajstić information content (AvgIpc) is 1.51. The van der Waals surface area contributed by atoms with Gasteiger partial charge in [-0.3, -0.25) is 4.57 Å². The number of aromatic amines is 2. The van der Waals surface area contributed by atoms with Crippen molar-refractivity contribution in [1.29, 1.82) is 0 Å². The molecule has 16 aromatic carbocycles. The molecule has 118 heavy (non-hydrogen) atoms. The number of para-hydroxylation sites is 3. The summed E-state index contributed by atoms with van der Waals surface area (Å²) < 4.78 is 2.24. The summed E-state index contributed by atoms with van der Waals surface area (Å²) in [6.07, 6.45) is 0. The number of H-pyrrole nitrogens is 2. The summed E-state index contributed by atoms with van der Waals surface area (Å²) in [7, 11) is 0. The van der Waals surface area contributed by atoms with E-state index in [2.05, 4.69) is 354 Å². The first-order chi connectivity index (χ1) is 57.7. The van der Waals surface area contributed by atoms with Crippen LogP contribution in [0, 0.1) is 0 Å². The van der Waals surface area contributed by atoms with E-state index in [9.17, 15) is 0 Å². The predicted molar refractivity (Wildman–Crippen MR) is 477 cm³/mol. The molecule has 0 radical (unpaired) electrons. The first kappa shape index (κ1) is 69.7. The Hall–Kier alpha value is -13.8. The maximum Gasteiger partial charge on any atom is 1.00 e. The number of hydrogen-bond donors (Lipinski definition) is 2. The van der Waals surface area contributed by atoms with E-state index in [4.69, 9.17) is 31.5 Å². The first-order valence-electron chi connectivity index (χ1n) is 39.9. The summed E-state index contributed by atoms with van der Waals surface area (Å²) in [6.45, 7) is 4.67.